The molecule has 1 aromatic carbocycles. The van der Waals surface area contributed by atoms with Crippen molar-refractivity contribution in [3.63, 3.8) is 0 Å². The minimum atomic E-state index is 0.105. The van der Waals surface area contributed by atoms with E-state index in [0.29, 0.717) is 5.76 Å². The fraction of sp³-hybridized carbons (Fsp3) is 0.438. The van der Waals surface area contributed by atoms with Crippen molar-refractivity contribution in [3.05, 3.63) is 34.6 Å². The lowest BCUT2D eigenvalue weighted by molar-refractivity contribution is 0.584. The molecule has 0 saturated heterocycles. The summed E-state index contributed by atoms with van der Waals surface area (Å²) in [7, 11) is 0. The van der Waals surface area contributed by atoms with Crippen LogP contribution in [0.1, 0.15) is 50.1 Å². The molecule has 0 atom stereocenters. The number of nitriles is 1. The maximum atomic E-state index is 9.13. The van der Waals surface area contributed by atoms with Gasteiger partial charge in [0.05, 0.1) is 0 Å². The first kappa shape index (κ1) is 12.7. The van der Waals surface area contributed by atoms with Gasteiger partial charge in [0.2, 0.25) is 5.76 Å². The summed E-state index contributed by atoms with van der Waals surface area (Å²) in [6.45, 7) is 10.7. The van der Waals surface area contributed by atoms with Gasteiger partial charge in [-0.05, 0) is 36.0 Å². The molecule has 1 heterocycles. The fourth-order valence-electron chi connectivity index (χ4n) is 2.29. The molecular formula is C16H19NO. The van der Waals surface area contributed by atoms with E-state index in [1.54, 1.807) is 0 Å². The molecule has 0 spiro atoms. The van der Waals surface area contributed by atoms with E-state index in [0.717, 1.165) is 28.5 Å². The van der Waals surface area contributed by atoms with Crippen LogP contribution in [0.4, 0.5) is 0 Å². The van der Waals surface area contributed by atoms with E-state index in [4.69, 9.17) is 9.68 Å². The second kappa shape index (κ2) is 4.17. The van der Waals surface area contributed by atoms with Crippen LogP contribution in [-0.4, -0.2) is 0 Å². The Labute approximate surface area is 108 Å². The number of benzene rings is 1. The number of rotatable bonds is 1. The largest absolute Gasteiger partial charge is 0.445 e. The maximum Gasteiger partial charge on any atom is 0.207 e. The topological polar surface area (TPSA) is 36.9 Å². The van der Waals surface area contributed by atoms with Gasteiger partial charge in [0.25, 0.3) is 0 Å². The van der Waals surface area contributed by atoms with Gasteiger partial charge in [-0.1, -0.05) is 33.8 Å². The lowest BCUT2D eigenvalue weighted by Gasteiger charge is -2.19. The molecule has 0 aliphatic heterocycles. The Morgan fingerprint density at radius 3 is 2.44 bits per heavy atom. The van der Waals surface area contributed by atoms with Gasteiger partial charge in [0, 0.05) is 10.9 Å². The number of hydrogen-bond donors (Lipinski definition) is 0. The normalized spacial score (nSPS) is 11.8. The third-order valence-corrected chi connectivity index (χ3v) is 3.40. The summed E-state index contributed by atoms with van der Waals surface area (Å²) in [5.41, 5.74) is 4.38. The standard InChI is InChI=1S/C16H19NO/c1-6-12-13-8-11(16(3,4)5)7-10(2)15(13)18-14(12)9-17/h7-8H,6H2,1-5H3. The molecule has 0 aliphatic carbocycles. The van der Waals surface area contributed by atoms with E-state index in [9.17, 15) is 0 Å². The van der Waals surface area contributed by atoms with Crippen LogP contribution < -0.4 is 0 Å². The Kier molecular flexibility index (Phi) is 2.94. The maximum absolute atomic E-state index is 9.13. The van der Waals surface area contributed by atoms with Crippen LogP contribution in [0.2, 0.25) is 0 Å². The van der Waals surface area contributed by atoms with Crippen LogP contribution in [-0.2, 0) is 11.8 Å². The molecule has 2 heteroatoms. The zero-order chi connectivity index (χ0) is 13.5. The van der Waals surface area contributed by atoms with E-state index in [-0.39, 0.29) is 5.41 Å². The highest BCUT2D eigenvalue weighted by atomic mass is 16.3. The zero-order valence-electron chi connectivity index (χ0n) is 11.7. The summed E-state index contributed by atoms with van der Waals surface area (Å²) in [6.07, 6.45) is 0.822. The van der Waals surface area contributed by atoms with Gasteiger partial charge in [0.15, 0.2) is 0 Å². The average molecular weight is 241 g/mol. The first-order chi connectivity index (χ1) is 8.38. The van der Waals surface area contributed by atoms with Gasteiger partial charge in [-0.25, -0.2) is 0 Å². The van der Waals surface area contributed by atoms with E-state index in [1.165, 1.54) is 5.56 Å². The monoisotopic (exact) mass is 241 g/mol. The molecule has 0 saturated carbocycles. The lowest BCUT2D eigenvalue weighted by Crippen LogP contribution is -2.11. The SMILES string of the molecule is CCc1c(C#N)oc2c(C)cc(C(C)(C)C)cc12. The summed E-state index contributed by atoms with van der Waals surface area (Å²) in [6, 6.07) is 6.49. The number of hydrogen-bond acceptors (Lipinski definition) is 2. The van der Waals surface area contributed by atoms with Crippen LogP contribution in [0.5, 0.6) is 0 Å². The van der Waals surface area contributed by atoms with Crippen molar-refractivity contribution in [2.24, 2.45) is 0 Å². The first-order valence-corrected chi connectivity index (χ1v) is 6.35. The molecule has 0 radical (unpaired) electrons. The fourth-order valence-corrected chi connectivity index (χ4v) is 2.29. The predicted molar refractivity (Wildman–Crippen MR) is 73.7 cm³/mol. The van der Waals surface area contributed by atoms with Crippen molar-refractivity contribution in [2.75, 3.05) is 0 Å². The van der Waals surface area contributed by atoms with Gasteiger partial charge >= 0.3 is 0 Å². The molecule has 0 bridgehead atoms. The van der Waals surface area contributed by atoms with Gasteiger partial charge < -0.3 is 4.42 Å². The molecule has 0 N–H and O–H groups in total. The highest BCUT2D eigenvalue weighted by Gasteiger charge is 2.19. The Bertz CT molecular complexity index is 636. The summed E-state index contributed by atoms with van der Waals surface area (Å²) >= 11 is 0. The number of furan rings is 1. The highest BCUT2D eigenvalue weighted by Crippen LogP contribution is 2.33. The molecule has 2 rings (SSSR count). The third-order valence-electron chi connectivity index (χ3n) is 3.40. The summed E-state index contributed by atoms with van der Waals surface area (Å²) in [5.74, 6) is 0.460. The molecule has 94 valence electrons. The number of fused-ring (bicyclic) bond motifs is 1. The average Bonchev–Trinajstić information content (AvgIpc) is 2.65. The molecule has 2 aromatic rings. The highest BCUT2D eigenvalue weighted by molar-refractivity contribution is 5.86. The Morgan fingerprint density at radius 2 is 1.94 bits per heavy atom. The van der Waals surface area contributed by atoms with E-state index < -0.39 is 0 Å². The second-order valence-electron chi connectivity index (χ2n) is 5.79. The van der Waals surface area contributed by atoms with E-state index in [1.807, 2.05) is 6.92 Å². The molecule has 1 aromatic heterocycles. The molecule has 2 nitrogen and oxygen atoms in total. The second-order valence-corrected chi connectivity index (χ2v) is 5.79. The smallest absolute Gasteiger partial charge is 0.207 e. The third kappa shape index (κ3) is 1.90. The summed E-state index contributed by atoms with van der Waals surface area (Å²) < 4.78 is 5.68. The molecule has 0 unspecified atom stereocenters. The van der Waals surface area contributed by atoms with Gasteiger partial charge in [-0.2, -0.15) is 5.26 Å². The van der Waals surface area contributed by atoms with Gasteiger partial charge in [0.1, 0.15) is 11.7 Å². The molecular weight excluding hydrogens is 222 g/mol. The van der Waals surface area contributed by atoms with Crippen LogP contribution in [0.15, 0.2) is 16.5 Å². The molecule has 0 fully saturated rings. The van der Waals surface area contributed by atoms with Crippen LogP contribution >= 0.6 is 0 Å². The molecule has 18 heavy (non-hydrogen) atoms. The van der Waals surface area contributed by atoms with E-state index >= 15 is 0 Å². The lowest BCUT2D eigenvalue weighted by atomic mass is 9.85. The van der Waals surface area contributed by atoms with Crippen LogP contribution in [0.25, 0.3) is 11.0 Å². The first-order valence-electron chi connectivity index (χ1n) is 6.35. The zero-order valence-corrected chi connectivity index (χ0v) is 11.7. The van der Waals surface area contributed by atoms with Crippen molar-refractivity contribution >= 4 is 11.0 Å². The quantitative estimate of drug-likeness (QED) is 0.738. The van der Waals surface area contributed by atoms with Gasteiger partial charge in [-0.3, -0.25) is 0 Å². The Morgan fingerprint density at radius 1 is 1.28 bits per heavy atom. The molecule has 0 amide bonds. The van der Waals surface area contributed by atoms with Crippen LogP contribution in [0.3, 0.4) is 0 Å². The van der Waals surface area contributed by atoms with Crippen molar-refractivity contribution in [3.8, 4) is 6.07 Å². The molecule has 0 aliphatic rings. The van der Waals surface area contributed by atoms with Gasteiger partial charge in [-0.15, -0.1) is 0 Å². The minimum absolute atomic E-state index is 0.105. The number of aryl methyl sites for hydroxylation is 2. The minimum Gasteiger partial charge on any atom is -0.445 e. The van der Waals surface area contributed by atoms with Crippen molar-refractivity contribution in [2.45, 2.75) is 46.5 Å². The van der Waals surface area contributed by atoms with Crippen molar-refractivity contribution in [1.82, 2.24) is 0 Å². The summed E-state index contributed by atoms with van der Waals surface area (Å²) in [4.78, 5) is 0. The predicted octanol–water partition coefficient (Wildman–Crippen LogP) is 4.47. The Balaban J connectivity index is 2.83. The Hall–Kier alpha value is -1.75. The summed E-state index contributed by atoms with van der Waals surface area (Å²) in [5, 5.41) is 10.2. The van der Waals surface area contributed by atoms with Crippen molar-refractivity contribution < 1.29 is 4.42 Å². The van der Waals surface area contributed by atoms with Crippen LogP contribution in [0, 0.1) is 18.3 Å². The van der Waals surface area contributed by atoms with Crippen molar-refractivity contribution in [1.29, 1.82) is 5.26 Å². The van der Waals surface area contributed by atoms with E-state index in [2.05, 4.69) is 45.9 Å². The number of nitrogens with zero attached hydrogens (tertiary/aromatic N) is 1.